The molecule has 2 saturated heterocycles. The molecule has 8 nitrogen and oxygen atoms in total. The number of rotatable bonds is 8. The quantitative estimate of drug-likeness (QED) is 0.553. The second-order valence-electron chi connectivity index (χ2n) is 8.30. The highest BCUT2D eigenvalue weighted by molar-refractivity contribution is 7.89. The van der Waals surface area contributed by atoms with Gasteiger partial charge in [0.2, 0.25) is 26.0 Å². The number of benzene rings is 1. The molecule has 0 unspecified atom stereocenters. The Morgan fingerprint density at radius 1 is 1.13 bits per heavy atom. The van der Waals surface area contributed by atoms with E-state index in [4.69, 9.17) is 4.74 Å². The zero-order chi connectivity index (χ0) is 22.3. The first-order valence-electron chi connectivity index (χ1n) is 10.3. The predicted molar refractivity (Wildman–Crippen MR) is 113 cm³/mol. The van der Waals surface area contributed by atoms with E-state index >= 15 is 0 Å². The molecule has 168 valence electrons. The van der Waals surface area contributed by atoms with Gasteiger partial charge in [-0.25, -0.2) is 21.1 Å². The largest absolute Gasteiger partial charge is 0.494 e. The maximum absolute atomic E-state index is 13.4. The minimum atomic E-state index is -3.89. The molecule has 3 rings (SSSR count). The maximum atomic E-state index is 13.4. The monoisotopic (exact) mass is 458 g/mol. The minimum absolute atomic E-state index is 0.110. The van der Waals surface area contributed by atoms with Gasteiger partial charge < -0.3 is 4.74 Å². The maximum Gasteiger partial charge on any atom is 0.243 e. The third kappa shape index (κ3) is 4.09. The molecule has 2 fully saturated rings. The van der Waals surface area contributed by atoms with Gasteiger partial charge in [0.05, 0.1) is 35.8 Å². The van der Waals surface area contributed by atoms with Crippen molar-refractivity contribution in [3.63, 3.8) is 0 Å². The molecule has 0 spiro atoms. The summed E-state index contributed by atoms with van der Waals surface area (Å²) in [4.78, 5) is 13.0. The Morgan fingerprint density at radius 3 is 2.30 bits per heavy atom. The Bertz CT molecular complexity index is 989. The van der Waals surface area contributed by atoms with Crippen LogP contribution in [0.2, 0.25) is 0 Å². The van der Waals surface area contributed by atoms with Crippen molar-refractivity contribution in [2.45, 2.75) is 57.0 Å². The van der Waals surface area contributed by atoms with E-state index in [2.05, 4.69) is 6.92 Å². The second kappa shape index (κ2) is 8.47. The van der Waals surface area contributed by atoms with Crippen LogP contribution >= 0.6 is 0 Å². The third-order valence-corrected chi connectivity index (χ3v) is 8.89. The lowest BCUT2D eigenvalue weighted by Crippen LogP contribution is -2.44. The van der Waals surface area contributed by atoms with Crippen molar-refractivity contribution >= 4 is 26.0 Å². The molecule has 2 aliphatic heterocycles. The summed E-state index contributed by atoms with van der Waals surface area (Å²) in [6.07, 6.45) is 3.21. The lowest BCUT2D eigenvalue weighted by atomic mass is 9.89. The van der Waals surface area contributed by atoms with Crippen LogP contribution in [0.4, 0.5) is 0 Å². The molecule has 3 atom stereocenters. The van der Waals surface area contributed by atoms with Gasteiger partial charge in [0.15, 0.2) is 0 Å². The predicted octanol–water partition coefficient (Wildman–Crippen LogP) is 2.07. The van der Waals surface area contributed by atoms with Crippen LogP contribution in [0, 0.1) is 11.8 Å². The standard InChI is InChI=1S/C20H30N2O6S2/c1-5-6-13-28-15-7-9-16(10-8-15)30(26,27)21-12-11-17-19(21)18(14(2)3)20(23)22(17)29(4,24)25/h7-10,14,17-19H,5-6,11-13H2,1-4H3/t17-,18+,19-/m0/s1. The van der Waals surface area contributed by atoms with Crippen LogP contribution in [-0.2, 0) is 24.8 Å². The van der Waals surface area contributed by atoms with Crippen LogP contribution in [0.25, 0.3) is 0 Å². The highest BCUT2D eigenvalue weighted by Gasteiger charge is 2.59. The fraction of sp³-hybridized carbons (Fsp3) is 0.650. The number of unbranched alkanes of at least 4 members (excludes halogenated alkanes) is 1. The van der Waals surface area contributed by atoms with Gasteiger partial charge in [-0.15, -0.1) is 0 Å². The van der Waals surface area contributed by atoms with E-state index < -0.39 is 44.0 Å². The van der Waals surface area contributed by atoms with E-state index in [1.54, 1.807) is 12.1 Å². The number of ether oxygens (including phenoxy) is 1. The van der Waals surface area contributed by atoms with E-state index in [0.717, 1.165) is 23.4 Å². The summed E-state index contributed by atoms with van der Waals surface area (Å²) < 4.78 is 59.1. The number of amides is 1. The number of hydrogen-bond acceptors (Lipinski definition) is 6. The molecule has 10 heteroatoms. The molecule has 1 aromatic carbocycles. The summed E-state index contributed by atoms with van der Waals surface area (Å²) in [6.45, 7) is 6.44. The Hall–Kier alpha value is -1.65. The van der Waals surface area contributed by atoms with Gasteiger partial charge in [0, 0.05) is 6.54 Å². The first-order chi connectivity index (χ1) is 14.0. The SMILES string of the molecule is CCCCOc1ccc(S(=O)(=O)N2CC[C@H]3[C@H]2[C@@H](C(C)C)C(=O)N3S(C)(=O)=O)cc1. The molecule has 2 heterocycles. The number of fused-ring (bicyclic) bond motifs is 1. The molecule has 0 aromatic heterocycles. The van der Waals surface area contributed by atoms with Crippen molar-refractivity contribution in [1.82, 2.24) is 8.61 Å². The van der Waals surface area contributed by atoms with E-state index in [9.17, 15) is 21.6 Å². The molecule has 0 bridgehead atoms. The van der Waals surface area contributed by atoms with E-state index in [-0.39, 0.29) is 17.4 Å². The van der Waals surface area contributed by atoms with Gasteiger partial charge in [-0.1, -0.05) is 27.2 Å². The number of carbonyl (C=O) groups is 1. The van der Waals surface area contributed by atoms with Crippen molar-refractivity contribution < 1.29 is 26.4 Å². The van der Waals surface area contributed by atoms with E-state index in [0.29, 0.717) is 18.8 Å². The first kappa shape index (κ1) is 23.0. The Labute approximate surface area is 179 Å². The average molecular weight is 459 g/mol. The van der Waals surface area contributed by atoms with Crippen LogP contribution in [-0.4, -0.2) is 62.8 Å². The highest BCUT2D eigenvalue weighted by atomic mass is 32.2. The zero-order valence-corrected chi connectivity index (χ0v) is 19.4. The fourth-order valence-electron chi connectivity index (χ4n) is 4.45. The zero-order valence-electron chi connectivity index (χ0n) is 17.8. The smallest absolute Gasteiger partial charge is 0.243 e. The van der Waals surface area contributed by atoms with Crippen LogP contribution in [0.5, 0.6) is 5.75 Å². The number of sulfonamides is 2. The van der Waals surface area contributed by atoms with Gasteiger partial charge in [-0.3, -0.25) is 4.79 Å². The third-order valence-electron chi connectivity index (χ3n) is 5.82. The van der Waals surface area contributed by atoms with E-state index in [1.165, 1.54) is 16.4 Å². The first-order valence-corrected chi connectivity index (χ1v) is 13.6. The van der Waals surface area contributed by atoms with E-state index in [1.807, 2.05) is 13.8 Å². The summed E-state index contributed by atoms with van der Waals surface area (Å²) in [5, 5.41) is 0. The number of nitrogens with zero attached hydrogens (tertiary/aromatic N) is 2. The Morgan fingerprint density at radius 2 is 1.77 bits per heavy atom. The molecule has 0 radical (unpaired) electrons. The number of hydrogen-bond donors (Lipinski definition) is 0. The molecule has 2 aliphatic rings. The average Bonchev–Trinajstić information content (AvgIpc) is 3.18. The molecular weight excluding hydrogens is 428 g/mol. The highest BCUT2D eigenvalue weighted by Crippen LogP contribution is 2.43. The topological polar surface area (TPSA) is 101 Å². The van der Waals surface area contributed by atoms with Gasteiger partial charge >= 0.3 is 0 Å². The van der Waals surface area contributed by atoms with Gasteiger partial charge in [-0.2, -0.15) is 4.31 Å². The summed E-state index contributed by atoms with van der Waals surface area (Å²) in [7, 11) is -7.67. The Balaban J connectivity index is 1.91. The summed E-state index contributed by atoms with van der Waals surface area (Å²) >= 11 is 0. The molecular formula is C20H30N2O6S2. The van der Waals surface area contributed by atoms with Crippen LogP contribution in [0.1, 0.15) is 40.0 Å². The summed E-state index contributed by atoms with van der Waals surface area (Å²) in [6, 6.07) is 4.89. The van der Waals surface area contributed by atoms with Crippen molar-refractivity contribution in [2.75, 3.05) is 19.4 Å². The van der Waals surface area contributed by atoms with Crippen LogP contribution < -0.4 is 4.74 Å². The second-order valence-corrected chi connectivity index (χ2v) is 12.1. The lowest BCUT2D eigenvalue weighted by molar-refractivity contribution is -0.129. The fourth-order valence-corrected chi connectivity index (χ4v) is 7.31. The molecule has 30 heavy (non-hydrogen) atoms. The normalized spacial score (nSPS) is 25.2. The Kier molecular flexibility index (Phi) is 6.50. The molecule has 1 amide bonds. The van der Waals surface area contributed by atoms with Gasteiger partial charge in [-0.05, 0) is 43.0 Å². The minimum Gasteiger partial charge on any atom is -0.494 e. The van der Waals surface area contributed by atoms with Crippen molar-refractivity contribution in [1.29, 1.82) is 0 Å². The summed E-state index contributed by atoms with van der Waals surface area (Å²) in [5.74, 6) is -0.802. The molecule has 1 aromatic rings. The molecule has 0 aliphatic carbocycles. The van der Waals surface area contributed by atoms with Gasteiger partial charge in [0.1, 0.15) is 5.75 Å². The van der Waals surface area contributed by atoms with Crippen molar-refractivity contribution in [2.24, 2.45) is 11.8 Å². The van der Waals surface area contributed by atoms with Crippen LogP contribution in [0.3, 0.4) is 0 Å². The summed E-state index contributed by atoms with van der Waals surface area (Å²) in [5.41, 5.74) is 0. The lowest BCUT2D eigenvalue weighted by Gasteiger charge is -2.28. The number of carbonyl (C=O) groups excluding carboxylic acids is 1. The van der Waals surface area contributed by atoms with Crippen molar-refractivity contribution in [3.05, 3.63) is 24.3 Å². The van der Waals surface area contributed by atoms with Crippen LogP contribution in [0.15, 0.2) is 29.2 Å². The molecule has 0 N–H and O–H groups in total. The molecule has 0 saturated carbocycles. The van der Waals surface area contributed by atoms with Gasteiger partial charge in [0.25, 0.3) is 0 Å². The van der Waals surface area contributed by atoms with Crippen molar-refractivity contribution in [3.8, 4) is 5.75 Å².